The van der Waals surface area contributed by atoms with E-state index in [1.165, 1.54) is 0 Å². The van der Waals surface area contributed by atoms with Crippen molar-refractivity contribution in [1.82, 2.24) is 20.4 Å². The first-order valence-electron chi connectivity index (χ1n) is 8.35. The van der Waals surface area contributed by atoms with Gasteiger partial charge in [0, 0.05) is 37.1 Å². The molecule has 0 bridgehead atoms. The van der Waals surface area contributed by atoms with Crippen molar-refractivity contribution < 1.29 is 9.90 Å². The first kappa shape index (κ1) is 18.8. The van der Waals surface area contributed by atoms with Crippen LogP contribution >= 0.6 is 0 Å². The van der Waals surface area contributed by atoms with Crippen LogP contribution in [0.3, 0.4) is 0 Å². The Morgan fingerprint density at radius 2 is 2.12 bits per heavy atom. The molecule has 7 nitrogen and oxygen atoms in total. The van der Waals surface area contributed by atoms with Gasteiger partial charge in [-0.05, 0) is 38.5 Å². The number of aromatic nitrogens is 2. The molecule has 0 saturated carbocycles. The van der Waals surface area contributed by atoms with Crippen molar-refractivity contribution in [2.24, 2.45) is 7.05 Å². The number of nitrogens with one attached hydrogen (secondary N) is 3. The molecule has 0 radical (unpaired) electrons. The van der Waals surface area contributed by atoms with E-state index < -0.39 is 5.60 Å². The Bertz CT molecular complexity index is 709. The summed E-state index contributed by atoms with van der Waals surface area (Å²) in [5.74, 6) is 0. The van der Waals surface area contributed by atoms with Crippen molar-refractivity contribution in [1.29, 1.82) is 0 Å². The van der Waals surface area contributed by atoms with Gasteiger partial charge >= 0.3 is 6.03 Å². The molecule has 2 aromatic rings. The smallest absolute Gasteiger partial charge is 0.315 e. The largest absolute Gasteiger partial charge is 0.383 e. The highest BCUT2D eigenvalue weighted by atomic mass is 16.3. The number of hydrogen-bond acceptors (Lipinski definition) is 4. The van der Waals surface area contributed by atoms with Crippen molar-refractivity contribution in [2.75, 3.05) is 11.9 Å². The third kappa shape index (κ3) is 5.79. The minimum Gasteiger partial charge on any atom is -0.383 e. The van der Waals surface area contributed by atoms with Crippen LogP contribution in [0.1, 0.15) is 31.9 Å². The third-order valence-corrected chi connectivity index (χ3v) is 3.76. The Morgan fingerprint density at radius 1 is 1.36 bits per heavy atom. The molecule has 1 atom stereocenters. The number of benzene rings is 1. The van der Waals surface area contributed by atoms with Gasteiger partial charge in [0.1, 0.15) is 5.60 Å². The number of urea groups is 1. The minimum absolute atomic E-state index is 0.0967. The molecule has 1 aromatic carbocycles. The number of carbonyl (C=O) groups excluding carboxylic acids is 1. The van der Waals surface area contributed by atoms with Crippen LogP contribution in [0, 0.1) is 0 Å². The highest BCUT2D eigenvalue weighted by molar-refractivity contribution is 5.74. The van der Waals surface area contributed by atoms with Gasteiger partial charge in [0.05, 0.1) is 12.7 Å². The van der Waals surface area contributed by atoms with E-state index in [1.807, 2.05) is 24.3 Å². The quantitative estimate of drug-likeness (QED) is 0.617. The molecule has 1 aromatic heterocycles. The maximum Gasteiger partial charge on any atom is 0.315 e. The van der Waals surface area contributed by atoms with Crippen molar-refractivity contribution in [3.63, 3.8) is 0 Å². The van der Waals surface area contributed by atoms with Crippen LogP contribution in [0.4, 0.5) is 10.5 Å². The second kappa shape index (κ2) is 8.02. The second-order valence-electron chi connectivity index (χ2n) is 6.71. The number of hydrogen-bond donors (Lipinski definition) is 4. The summed E-state index contributed by atoms with van der Waals surface area (Å²) in [4.78, 5) is 12.0. The van der Waals surface area contributed by atoms with Crippen LogP contribution in [-0.4, -0.2) is 33.5 Å². The molecule has 0 saturated heterocycles. The van der Waals surface area contributed by atoms with E-state index in [9.17, 15) is 9.90 Å². The van der Waals surface area contributed by atoms with Crippen molar-refractivity contribution in [2.45, 2.75) is 39.0 Å². The second-order valence-corrected chi connectivity index (χ2v) is 6.71. The van der Waals surface area contributed by atoms with E-state index in [-0.39, 0.29) is 12.6 Å². The Kier molecular flexibility index (Phi) is 6.03. The van der Waals surface area contributed by atoms with E-state index in [2.05, 4.69) is 34.9 Å². The van der Waals surface area contributed by atoms with Gasteiger partial charge in [-0.2, -0.15) is 5.10 Å². The predicted octanol–water partition coefficient (Wildman–Crippen LogP) is 1.95. The number of amides is 2. The van der Waals surface area contributed by atoms with E-state index >= 15 is 0 Å². The third-order valence-electron chi connectivity index (χ3n) is 3.76. The molecule has 4 N–H and O–H groups in total. The van der Waals surface area contributed by atoms with Gasteiger partial charge in [0.25, 0.3) is 0 Å². The molecule has 25 heavy (non-hydrogen) atoms. The van der Waals surface area contributed by atoms with Crippen molar-refractivity contribution in [3.05, 3.63) is 47.8 Å². The number of carbonyl (C=O) groups is 1. The average Bonchev–Trinajstić information content (AvgIpc) is 2.98. The molecule has 0 aliphatic carbocycles. The highest BCUT2D eigenvalue weighted by Crippen LogP contribution is 2.18. The maximum atomic E-state index is 12.0. The SMILES string of the molecule is CC(C)Nc1cccc(CNC(=O)NCC(C)(O)c2cnn(C)c2)c1. The fourth-order valence-electron chi connectivity index (χ4n) is 2.40. The molecule has 7 heteroatoms. The summed E-state index contributed by atoms with van der Waals surface area (Å²) < 4.78 is 1.61. The highest BCUT2D eigenvalue weighted by Gasteiger charge is 2.25. The summed E-state index contributed by atoms with van der Waals surface area (Å²) in [5.41, 5.74) is 1.50. The monoisotopic (exact) mass is 345 g/mol. The molecule has 2 amide bonds. The van der Waals surface area contributed by atoms with Gasteiger partial charge in [-0.3, -0.25) is 4.68 Å². The summed E-state index contributed by atoms with van der Waals surface area (Å²) in [7, 11) is 1.78. The van der Waals surface area contributed by atoms with Crippen molar-refractivity contribution in [3.8, 4) is 0 Å². The first-order valence-corrected chi connectivity index (χ1v) is 8.35. The van der Waals surface area contributed by atoms with Crippen LogP contribution in [-0.2, 0) is 19.2 Å². The molecule has 0 fully saturated rings. The van der Waals surface area contributed by atoms with Gasteiger partial charge in [-0.15, -0.1) is 0 Å². The Balaban J connectivity index is 1.82. The summed E-state index contributed by atoms with van der Waals surface area (Å²) in [6.45, 7) is 6.30. The number of nitrogens with zero attached hydrogens (tertiary/aromatic N) is 2. The number of aliphatic hydroxyl groups is 1. The van der Waals surface area contributed by atoms with Crippen molar-refractivity contribution >= 4 is 11.7 Å². The molecular formula is C18H27N5O2. The van der Waals surface area contributed by atoms with E-state index in [0.29, 0.717) is 18.2 Å². The lowest BCUT2D eigenvalue weighted by atomic mass is 10.00. The van der Waals surface area contributed by atoms with Crippen LogP contribution in [0.5, 0.6) is 0 Å². The molecule has 1 heterocycles. The molecule has 0 aliphatic heterocycles. The zero-order valence-corrected chi connectivity index (χ0v) is 15.2. The van der Waals surface area contributed by atoms with Gasteiger partial charge in [-0.25, -0.2) is 4.79 Å². The van der Waals surface area contributed by atoms with Gasteiger partial charge in [-0.1, -0.05) is 12.1 Å². The van der Waals surface area contributed by atoms with Crippen LogP contribution < -0.4 is 16.0 Å². The Labute approximate surface area is 148 Å². The predicted molar refractivity (Wildman–Crippen MR) is 98.2 cm³/mol. The molecule has 0 spiro atoms. The normalized spacial score (nSPS) is 13.4. The van der Waals surface area contributed by atoms with Crippen LogP contribution in [0.15, 0.2) is 36.7 Å². The lowest BCUT2D eigenvalue weighted by molar-refractivity contribution is 0.0593. The number of rotatable bonds is 7. The van der Waals surface area contributed by atoms with E-state index in [0.717, 1.165) is 11.3 Å². The molecule has 2 rings (SSSR count). The molecule has 1 unspecified atom stereocenters. The molecular weight excluding hydrogens is 318 g/mol. The minimum atomic E-state index is -1.17. The van der Waals surface area contributed by atoms with Crippen LogP contribution in [0.25, 0.3) is 0 Å². The lowest BCUT2D eigenvalue weighted by Crippen LogP contribution is -2.43. The summed E-state index contributed by atoms with van der Waals surface area (Å²) in [6.07, 6.45) is 3.32. The van der Waals surface area contributed by atoms with E-state index in [4.69, 9.17) is 0 Å². The lowest BCUT2D eigenvalue weighted by Gasteiger charge is -2.22. The summed E-state index contributed by atoms with van der Waals surface area (Å²) in [6, 6.07) is 7.93. The number of anilines is 1. The van der Waals surface area contributed by atoms with Gasteiger partial charge in [0.2, 0.25) is 0 Å². The molecule has 0 aliphatic rings. The average molecular weight is 345 g/mol. The van der Waals surface area contributed by atoms with Gasteiger partial charge in [0.15, 0.2) is 0 Å². The van der Waals surface area contributed by atoms with Gasteiger partial charge < -0.3 is 21.1 Å². The topological polar surface area (TPSA) is 91.2 Å². The molecule has 136 valence electrons. The zero-order chi connectivity index (χ0) is 18.4. The summed E-state index contributed by atoms with van der Waals surface area (Å²) >= 11 is 0. The fourth-order valence-corrected chi connectivity index (χ4v) is 2.40. The number of aryl methyl sites for hydroxylation is 1. The Morgan fingerprint density at radius 3 is 2.76 bits per heavy atom. The maximum absolute atomic E-state index is 12.0. The van der Waals surface area contributed by atoms with E-state index in [1.54, 1.807) is 31.0 Å². The standard InChI is InChI=1S/C18H27N5O2/c1-13(2)22-16-7-5-6-14(8-16)9-19-17(24)20-12-18(3,25)15-10-21-23(4)11-15/h5-8,10-11,13,22,25H,9,12H2,1-4H3,(H2,19,20,24). The van der Waals surface area contributed by atoms with Crippen LogP contribution in [0.2, 0.25) is 0 Å². The fraction of sp³-hybridized carbons (Fsp3) is 0.444. The Hall–Kier alpha value is -2.54. The zero-order valence-electron chi connectivity index (χ0n) is 15.2. The first-order chi connectivity index (χ1) is 11.8. The summed E-state index contributed by atoms with van der Waals surface area (Å²) in [5, 5.41) is 23.3.